The Labute approximate surface area is 319 Å². The topological polar surface area (TPSA) is 163 Å². The second kappa shape index (κ2) is 16.7. The van der Waals surface area contributed by atoms with E-state index in [1.54, 1.807) is 35.4 Å². The summed E-state index contributed by atoms with van der Waals surface area (Å²) in [6.45, 7) is 2.65. The molecule has 55 heavy (non-hydrogen) atoms. The highest BCUT2D eigenvalue weighted by Crippen LogP contribution is 2.30. The molecule has 3 amide bonds. The van der Waals surface area contributed by atoms with Crippen LogP contribution in [0.3, 0.4) is 0 Å². The molecule has 0 aliphatic carbocycles. The molecule has 0 bridgehead atoms. The van der Waals surface area contributed by atoms with Gasteiger partial charge in [-0.15, -0.1) is 0 Å². The fourth-order valence-electron chi connectivity index (χ4n) is 6.74. The normalized spacial score (nSPS) is 17.5. The van der Waals surface area contributed by atoms with E-state index in [9.17, 15) is 22.8 Å². The standard InChI is InChI=1S/C41H42N6O7S/c1-53-41(50)45-37(32-5-3-2-4-6-32)40(49)47-19-22-54-27-36(47)38-42-25-35(44-38)31-13-9-29(10-14-31)30-11-15-33(16-12-30)39(48)43-34-17-7-28(8-18-34)26-46-20-23-55(51,52)24-21-46/h2-18,25,36-37H,19-24,26-27H2,1H3,(H,42,44)(H,43,48)(H,45,50)/t36-,37+/m1/s1. The van der Waals surface area contributed by atoms with Crippen molar-refractivity contribution in [3.63, 3.8) is 0 Å². The summed E-state index contributed by atoms with van der Waals surface area (Å²) in [6, 6.07) is 30.6. The van der Waals surface area contributed by atoms with Crippen LogP contribution < -0.4 is 10.6 Å². The number of amides is 3. The number of aromatic amines is 1. The first kappa shape index (κ1) is 37.5. The van der Waals surface area contributed by atoms with Crippen molar-refractivity contribution in [3.8, 4) is 22.4 Å². The van der Waals surface area contributed by atoms with E-state index in [1.165, 1.54) is 7.11 Å². The van der Waals surface area contributed by atoms with Gasteiger partial charge in [0.05, 0.1) is 43.7 Å². The number of H-pyrrole nitrogens is 1. The zero-order valence-electron chi connectivity index (χ0n) is 30.3. The number of hydrogen-bond acceptors (Lipinski definition) is 9. The summed E-state index contributed by atoms with van der Waals surface area (Å²) in [6.07, 6.45) is 1.02. The first-order valence-electron chi connectivity index (χ1n) is 18.0. The van der Waals surface area contributed by atoms with Crippen molar-refractivity contribution in [2.45, 2.75) is 18.6 Å². The van der Waals surface area contributed by atoms with Crippen molar-refractivity contribution in [3.05, 3.63) is 132 Å². The molecule has 2 aliphatic heterocycles. The van der Waals surface area contributed by atoms with E-state index in [2.05, 4.69) is 25.5 Å². The predicted molar refractivity (Wildman–Crippen MR) is 208 cm³/mol. The highest BCUT2D eigenvalue weighted by atomic mass is 32.2. The fourth-order valence-corrected chi connectivity index (χ4v) is 8.02. The second-order valence-electron chi connectivity index (χ2n) is 13.5. The maximum absolute atomic E-state index is 13.9. The number of hydrogen-bond donors (Lipinski definition) is 3. The Morgan fingerprint density at radius 2 is 1.53 bits per heavy atom. The van der Waals surface area contributed by atoms with Gasteiger partial charge in [-0.2, -0.15) is 0 Å². The van der Waals surface area contributed by atoms with Crippen LogP contribution in [-0.2, 0) is 30.7 Å². The number of ether oxygens (including phenoxy) is 2. The smallest absolute Gasteiger partial charge is 0.407 e. The molecule has 0 saturated carbocycles. The third-order valence-corrected chi connectivity index (χ3v) is 11.5. The van der Waals surface area contributed by atoms with Gasteiger partial charge in [0.25, 0.3) is 11.8 Å². The third-order valence-electron chi connectivity index (χ3n) is 9.88. The minimum absolute atomic E-state index is 0.191. The molecule has 14 heteroatoms. The lowest BCUT2D eigenvalue weighted by molar-refractivity contribution is -0.143. The van der Waals surface area contributed by atoms with Gasteiger partial charge in [0.1, 0.15) is 17.9 Å². The minimum Gasteiger partial charge on any atom is -0.453 e. The maximum atomic E-state index is 13.9. The Kier molecular flexibility index (Phi) is 11.4. The molecule has 0 radical (unpaired) electrons. The molecule has 7 rings (SSSR count). The summed E-state index contributed by atoms with van der Waals surface area (Å²) >= 11 is 0. The summed E-state index contributed by atoms with van der Waals surface area (Å²) in [5.41, 5.74) is 6.49. The number of anilines is 1. The van der Waals surface area contributed by atoms with E-state index < -0.39 is 28.0 Å². The Balaban J connectivity index is 0.972. The number of nitrogens with one attached hydrogen (secondary N) is 3. The zero-order valence-corrected chi connectivity index (χ0v) is 31.1. The van der Waals surface area contributed by atoms with Crippen molar-refractivity contribution in [1.29, 1.82) is 0 Å². The Morgan fingerprint density at radius 1 is 0.873 bits per heavy atom. The maximum Gasteiger partial charge on any atom is 0.407 e. The quantitative estimate of drug-likeness (QED) is 0.173. The average Bonchev–Trinajstić information content (AvgIpc) is 3.72. The molecule has 3 heterocycles. The molecule has 0 unspecified atom stereocenters. The van der Waals surface area contributed by atoms with E-state index in [1.807, 2.05) is 78.9 Å². The van der Waals surface area contributed by atoms with E-state index in [0.29, 0.717) is 55.4 Å². The number of benzene rings is 4. The zero-order chi connectivity index (χ0) is 38.4. The summed E-state index contributed by atoms with van der Waals surface area (Å²) in [5, 5.41) is 5.63. The average molecular weight is 763 g/mol. The van der Waals surface area contributed by atoms with Gasteiger partial charge in [0.2, 0.25) is 0 Å². The molecule has 2 fully saturated rings. The van der Waals surface area contributed by atoms with Crippen molar-refractivity contribution in [2.24, 2.45) is 0 Å². The Hall–Kier alpha value is -5.83. The van der Waals surface area contributed by atoms with Gasteiger partial charge in [-0.1, -0.05) is 78.9 Å². The lowest BCUT2D eigenvalue weighted by Crippen LogP contribution is -2.49. The number of sulfone groups is 1. The highest BCUT2D eigenvalue weighted by molar-refractivity contribution is 7.91. The van der Waals surface area contributed by atoms with Gasteiger partial charge < -0.3 is 30.0 Å². The van der Waals surface area contributed by atoms with E-state index in [4.69, 9.17) is 9.47 Å². The summed E-state index contributed by atoms with van der Waals surface area (Å²) in [5.74, 6) is 0.438. The van der Waals surface area contributed by atoms with Crippen molar-refractivity contribution in [1.82, 2.24) is 25.1 Å². The van der Waals surface area contributed by atoms with Crippen LogP contribution >= 0.6 is 0 Å². The van der Waals surface area contributed by atoms with E-state index >= 15 is 0 Å². The molecule has 1 aromatic heterocycles. The second-order valence-corrected chi connectivity index (χ2v) is 15.8. The number of carbonyl (C=O) groups excluding carboxylic acids is 3. The van der Waals surface area contributed by atoms with Crippen LogP contribution in [0.15, 0.2) is 109 Å². The van der Waals surface area contributed by atoms with Crippen LogP contribution in [0.25, 0.3) is 22.4 Å². The highest BCUT2D eigenvalue weighted by Gasteiger charge is 2.36. The fraction of sp³-hybridized carbons (Fsp3) is 0.268. The number of carbonyl (C=O) groups is 3. The van der Waals surface area contributed by atoms with E-state index in [-0.39, 0.29) is 29.9 Å². The lowest BCUT2D eigenvalue weighted by atomic mass is 10.0. The van der Waals surface area contributed by atoms with Crippen LogP contribution in [0.5, 0.6) is 0 Å². The van der Waals surface area contributed by atoms with Gasteiger partial charge in [0.15, 0.2) is 9.84 Å². The molecular weight excluding hydrogens is 721 g/mol. The molecule has 5 aromatic rings. The number of morpholine rings is 1. The molecule has 284 valence electrons. The van der Waals surface area contributed by atoms with Crippen molar-refractivity contribution in [2.75, 3.05) is 56.8 Å². The van der Waals surface area contributed by atoms with Gasteiger partial charge in [-0.25, -0.2) is 18.2 Å². The van der Waals surface area contributed by atoms with E-state index in [0.717, 1.165) is 27.9 Å². The van der Waals surface area contributed by atoms with Crippen LogP contribution in [0.2, 0.25) is 0 Å². The van der Waals surface area contributed by atoms with Crippen molar-refractivity contribution < 1.29 is 32.3 Å². The van der Waals surface area contributed by atoms with Crippen molar-refractivity contribution >= 4 is 33.4 Å². The minimum atomic E-state index is -2.92. The molecule has 0 spiro atoms. The number of aromatic nitrogens is 2. The predicted octanol–water partition coefficient (Wildman–Crippen LogP) is 5.22. The molecular formula is C41H42N6O7S. The number of imidazole rings is 1. The Bertz CT molecular complexity index is 2210. The number of rotatable bonds is 10. The SMILES string of the molecule is COC(=O)N[C@H](C(=O)N1CCOC[C@@H]1c1ncc(-c2ccc(-c3ccc(C(=O)Nc4ccc(CN5CCS(=O)(=O)CC5)cc4)cc3)cc2)[nH]1)c1ccccc1. The largest absolute Gasteiger partial charge is 0.453 e. The lowest BCUT2D eigenvalue weighted by Gasteiger charge is -2.36. The summed E-state index contributed by atoms with van der Waals surface area (Å²) in [4.78, 5) is 51.0. The van der Waals surface area contributed by atoms with Gasteiger partial charge in [-0.05, 0) is 52.1 Å². The first-order valence-corrected chi connectivity index (χ1v) is 19.8. The molecule has 13 nitrogen and oxygen atoms in total. The van der Waals surface area contributed by atoms with Gasteiger partial charge in [0, 0.05) is 37.4 Å². The summed E-state index contributed by atoms with van der Waals surface area (Å²) < 4.78 is 34.0. The summed E-state index contributed by atoms with van der Waals surface area (Å²) in [7, 11) is -1.66. The van der Waals surface area contributed by atoms with Crippen LogP contribution in [0.1, 0.15) is 39.4 Å². The van der Waals surface area contributed by atoms with Crippen LogP contribution in [0.4, 0.5) is 10.5 Å². The molecule has 2 atom stereocenters. The molecule has 2 aliphatic rings. The van der Waals surface area contributed by atoms with Gasteiger partial charge >= 0.3 is 6.09 Å². The van der Waals surface area contributed by atoms with Crippen LogP contribution in [-0.4, -0.2) is 97.6 Å². The Morgan fingerprint density at radius 3 is 2.20 bits per heavy atom. The number of methoxy groups -OCH3 is 1. The first-order chi connectivity index (χ1) is 26.7. The number of nitrogens with zero attached hydrogens (tertiary/aromatic N) is 3. The number of alkyl carbamates (subject to hydrolysis) is 1. The molecule has 3 N–H and O–H groups in total. The third kappa shape index (κ3) is 9.11. The van der Waals surface area contributed by atoms with Crippen LogP contribution in [0, 0.1) is 0 Å². The molecule has 2 saturated heterocycles. The van der Waals surface area contributed by atoms with Gasteiger partial charge in [-0.3, -0.25) is 14.5 Å². The monoisotopic (exact) mass is 762 g/mol. The molecule has 4 aromatic carbocycles.